The summed E-state index contributed by atoms with van der Waals surface area (Å²) in [5, 5.41) is 6.69. The summed E-state index contributed by atoms with van der Waals surface area (Å²) >= 11 is 0. The first-order valence-electron chi connectivity index (χ1n) is 7.68. The minimum atomic E-state index is 0.109. The second-order valence-electron chi connectivity index (χ2n) is 5.64. The highest BCUT2D eigenvalue weighted by Crippen LogP contribution is 2.47. The summed E-state index contributed by atoms with van der Waals surface area (Å²) in [6, 6.07) is 7.91. The SMILES string of the molecule is COCCN1C(=O)Cc2cc3c(c(-c4ccccn4)c21)NCN3. The molecule has 6 nitrogen and oxygen atoms in total. The number of hydrogen-bond donors (Lipinski definition) is 2. The Morgan fingerprint density at radius 2 is 2.26 bits per heavy atom. The van der Waals surface area contributed by atoms with Crippen LogP contribution in [0, 0.1) is 0 Å². The maximum atomic E-state index is 12.5. The van der Waals surface area contributed by atoms with Crippen LogP contribution in [-0.2, 0) is 16.0 Å². The van der Waals surface area contributed by atoms with Gasteiger partial charge in [-0.3, -0.25) is 9.78 Å². The fourth-order valence-corrected chi connectivity index (χ4v) is 3.28. The van der Waals surface area contributed by atoms with Crippen molar-refractivity contribution in [1.82, 2.24) is 4.98 Å². The molecule has 0 fully saturated rings. The Morgan fingerprint density at radius 3 is 3.04 bits per heavy atom. The number of ether oxygens (including phenoxy) is 1. The smallest absolute Gasteiger partial charge is 0.231 e. The van der Waals surface area contributed by atoms with Crippen molar-refractivity contribution in [1.29, 1.82) is 0 Å². The molecule has 2 aliphatic heterocycles. The largest absolute Gasteiger partial charge is 0.383 e. The van der Waals surface area contributed by atoms with Crippen molar-refractivity contribution in [3.63, 3.8) is 0 Å². The minimum absolute atomic E-state index is 0.109. The summed E-state index contributed by atoms with van der Waals surface area (Å²) < 4.78 is 5.17. The topological polar surface area (TPSA) is 66.5 Å². The molecular weight excluding hydrogens is 292 g/mol. The number of fused-ring (bicyclic) bond motifs is 2. The molecule has 0 saturated carbocycles. The molecule has 6 heteroatoms. The van der Waals surface area contributed by atoms with Crippen LogP contribution in [0.25, 0.3) is 11.3 Å². The van der Waals surface area contributed by atoms with E-state index in [2.05, 4.69) is 21.7 Å². The quantitative estimate of drug-likeness (QED) is 0.905. The van der Waals surface area contributed by atoms with Crippen molar-refractivity contribution in [3.8, 4) is 11.3 Å². The van der Waals surface area contributed by atoms with Crippen LogP contribution < -0.4 is 15.5 Å². The van der Waals surface area contributed by atoms with Crippen molar-refractivity contribution >= 4 is 23.0 Å². The van der Waals surface area contributed by atoms with Crippen LogP contribution in [0.4, 0.5) is 17.1 Å². The zero-order chi connectivity index (χ0) is 15.8. The number of hydrogen-bond acceptors (Lipinski definition) is 5. The minimum Gasteiger partial charge on any atom is -0.383 e. The van der Waals surface area contributed by atoms with Gasteiger partial charge in [-0.15, -0.1) is 0 Å². The molecule has 23 heavy (non-hydrogen) atoms. The van der Waals surface area contributed by atoms with Gasteiger partial charge >= 0.3 is 0 Å². The van der Waals surface area contributed by atoms with Crippen molar-refractivity contribution in [2.75, 3.05) is 42.5 Å². The molecule has 1 aromatic carbocycles. The van der Waals surface area contributed by atoms with Gasteiger partial charge in [-0.25, -0.2) is 0 Å². The maximum absolute atomic E-state index is 12.5. The number of pyridine rings is 1. The Labute approximate surface area is 134 Å². The van der Waals surface area contributed by atoms with Crippen LogP contribution in [0.2, 0.25) is 0 Å². The lowest BCUT2D eigenvalue weighted by Crippen LogP contribution is -2.30. The van der Waals surface area contributed by atoms with Gasteiger partial charge in [-0.05, 0) is 23.8 Å². The van der Waals surface area contributed by atoms with Gasteiger partial charge in [0.05, 0.1) is 42.5 Å². The van der Waals surface area contributed by atoms with Crippen molar-refractivity contribution < 1.29 is 9.53 Å². The summed E-state index contributed by atoms with van der Waals surface area (Å²) in [5.41, 5.74) is 5.91. The van der Waals surface area contributed by atoms with E-state index in [4.69, 9.17) is 4.74 Å². The second-order valence-corrected chi connectivity index (χ2v) is 5.64. The van der Waals surface area contributed by atoms with E-state index in [0.29, 0.717) is 26.2 Å². The Bertz CT molecular complexity index is 761. The molecule has 0 unspecified atom stereocenters. The summed E-state index contributed by atoms with van der Waals surface area (Å²) in [7, 11) is 1.65. The zero-order valence-electron chi connectivity index (χ0n) is 12.9. The van der Waals surface area contributed by atoms with E-state index in [1.807, 2.05) is 23.1 Å². The molecule has 118 valence electrons. The average molecular weight is 310 g/mol. The molecule has 2 aromatic rings. The molecule has 1 aromatic heterocycles. The predicted molar refractivity (Wildman–Crippen MR) is 89.7 cm³/mol. The van der Waals surface area contributed by atoms with Crippen LogP contribution in [0.1, 0.15) is 5.56 Å². The van der Waals surface area contributed by atoms with E-state index in [1.165, 1.54) is 0 Å². The number of carbonyl (C=O) groups excluding carboxylic acids is 1. The van der Waals surface area contributed by atoms with Gasteiger partial charge in [0.1, 0.15) is 0 Å². The van der Waals surface area contributed by atoms with E-state index >= 15 is 0 Å². The Hall–Kier alpha value is -2.60. The third-order valence-electron chi connectivity index (χ3n) is 4.28. The van der Waals surface area contributed by atoms with Crippen molar-refractivity contribution in [2.45, 2.75) is 6.42 Å². The van der Waals surface area contributed by atoms with Gasteiger partial charge < -0.3 is 20.3 Å². The number of anilines is 3. The number of carbonyl (C=O) groups is 1. The fraction of sp³-hybridized carbons (Fsp3) is 0.294. The van der Waals surface area contributed by atoms with Gasteiger partial charge in [0.25, 0.3) is 0 Å². The number of amides is 1. The van der Waals surface area contributed by atoms with Crippen LogP contribution in [0.3, 0.4) is 0 Å². The second kappa shape index (κ2) is 5.55. The Balaban J connectivity index is 1.92. The van der Waals surface area contributed by atoms with Crippen LogP contribution >= 0.6 is 0 Å². The molecule has 0 aliphatic carbocycles. The number of nitrogens with zero attached hydrogens (tertiary/aromatic N) is 2. The lowest BCUT2D eigenvalue weighted by Gasteiger charge is -2.22. The first kappa shape index (κ1) is 14.0. The van der Waals surface area contributed by atoms with E-state index in [1.54, 1.807) is 13.3 Å². The summed E-state index contributed by atoms with van der Waals surface area (Å²) in [6.07, 6.45) is 2.20. The van der Waals surface area contributed by atoms with Crippen LogP contribution in [-0.4, -0.2) is 37.8 Å². The number of rotatable bonds is 4. The number of aromatic nitrogens is 1. The molecule has 0 saturated heterocycles. The summed E-state index contributed by atoms with van der Waals surface area (Å²) in [6.45, 7) is 1.74. The zero-order valence-corrected chi connectivity index (χ0v) is 12.9. The lowest BCUT2D eigenvalue weighted by molar-refractivity contribution is -0.117. The molecule has 4 rings (SSSR count). The molecular formula is C17H18N4O2. The van der Waals surface area contributed by atoms with E-state index in [0.717, 1.165) is 33.9 Å². The number of benzene rings is 1. The number of methoxy groups -OCH3 is 1. The molecule has 0 atom stereocenters. The lowest BCUT2D eigenvalue weighted by atomic mass is 10.00. The molecule has 0 radical (unpaired) electrons. The van der Waals surface area contributed by atoms with E-state index in [-0.39, 0.29) is 5.91 Å². The Morgan fingerprint density at radius 1 is 1.35 bits per heavy atom. The van der Waals surface area contributed by atoms with Crippen molar-refractivity contribution in [2.24, 2.45) is 0 Å². The van der Waals surface area contributed by atoms with E-state index < -0.39 is 0 Å². The third-order valence-corrected chi connectivity index (χ3v) is 4.28. The fourth-order valence-electron chi connectivity index (χ4n) is 3.28. The van der Waals surface area contributed by atoms with Gasteiger partial charge in [-0.1, -0.05) is 6.07 Å². The number of nitrogens with one attached hydrogen (secondary N) is 2. The highest BCUT2D eigenvalue weighted by molar-refractivity contribution is 6.10. The Kier molecular flexibility index (Phi) is 3.38. The normalized spacial score (nSPS) is 15.2. The van der Waals surface area contributed by atoms with Crippen LogP contribution in [0.5, 0.6) is 0 Å². The van der Waals surface area contributed by atoms with Gasteiger partial charge in [0, 0.05) is 25.4 Å². The standard InChI is InChI=1S/C17H18N4O2/c1-23-7-6-21-14(22)9-11-8-13-16(20-10-19-13)15(17(11)21)12-4-2-3-5-18-12/h2-5,8,19-20H,6-7,9-10H2,1H3. The van der Waals surface area contributed by atoms with Crippen molar-refractivity contribution in [3.05, 3.63) is 36.0 Å². The highest BCUT2D eigenvalue weighted by Gasteiger charge is 2.34. The maximum Gasteiger partial charge on any atom is 0.231 e. The average Bonchev–Trinajstić information content (AvgIpc) is 3.15. The molecule has 2 N–H and O–H groups in total. The summed E-state index contributed by atoms with van der Waals surface area (Å²) in [4.78, 5) is 18.8. The molecule has 2 aliphatic rings. The van der Waals surface area contributed by atoms with E-state index in [9.17, 15) is 4.79 Å². The first-order valence-corrected chi connectivity index (χ1v) is 7.68. The molecule has 1 amide bonds. The van der Waals surface area contributed by atoms with Gasteiger partial charge in [0.15, 0.2) is 0 Å². The monoisotopic (exact) mass is 310 g/mol. The molecule has 0 bridgehead atoms. The van der Waals surface area contributed by atoms with Gasteiger partial charge in [-0.2, -0.15) is 0 Å². The predicted octanol–water partition coefficient (Wildman–Crippen LogP) is 2.08. The van der Waals surface area contributed by atoms with Gasteiger partial charge in [0.2, 0.25) is 5.91 Å². The molecule has 0 spiro atoms. The summed E-state index contributed by atoms with van der Waals surface area (Å²) in [5.74, 6) is 0.109. The molecule has 3 heterocycles. The van der Waals surface area contributed by atoms with Crippen LogP contribution in [0.15, 0.2) is 30.5 Å². The first-order chi connectivity index (χ1) is 11.3. The highest BCUT2D eigenvalue weighted by atomic mass is 16.5. The third kappa shape index (κ3) is 2.22.